The number of rotatable bonds is 8. The van der Waals surface area contributed by atoms with Crippen LogP contribution in [0.1, 0.15) is 10.4 Å². The maximum Gasteiger partial charge on any atom is 0.261 e. The predicted octanol–water partition coefficient (Wildman–Crippen LogP) is 1.53. The van der Waals surface area contributed by atoms with Gasteiger partial charge in [-0.25, -0.2) is 16.8 Å². The lowest BCUT2D eigenvalue weighted by Crippen LogP contribution is -2.43. The Kier molecular flexibility index (Phi) is 7.55. The van der Waals surface area contributed by atoms with Crippen LogP contribution in [-0.2, 0) is 24.8 Å². The van der Waals surface area contributed by atoms with Crippen molar-refractivity contribution in [3.05, 3.63) is 59.1 Å². The van der Waals surface area contributed by atoms with Crippen molar-refractivity contribution in [3.8, 4) is 0 Å². The van der Waals surface area contributed by atoms with E-state index < -0.39 is 26.0 Å². The molecule has 0 aromatic heterocycles. The highest BCUT2D eigenvalue weighted by Crippen LogP contribution is 2.19. The highest BCUT2D eigenvalue weighted by Gasteiger charge is 2.24. The quantitative estimate of drug-likeness (QED) is 0.582. The van der Waals surface area contributed by atoms with E-state index in [-0.39, 0.29) is 22.8 Å². The average molecular weight is 488 g/mol. The van der Waals surface area contributed by atoms with Crippen molar-refractivity contribution < 1.29 is 26.4 Å². The molecule has 0 aliphatic carbocycles. The number of halogens is 1. The van der Waals surface area contributed by atoms with Crippen LogP contribution in [0, 0.1) is 0 Å². The Balaban J connectivity index is 1.56. The Hall–Kier alpha value is -2.18. The summed E-state index contributed by atoms with van der Waals surface area (Å²) in [6.07, 6.45) is 0. The molecule has 1 fully saturated rings. The lowest BCUT2D eigenvalue weighted by atomic mass is 10.2. The summed E-state index contributed by atoms with van der Waals surface area (Å²) in [6.45, 7) is 1.25. The van der Waals surface area contributed by atoms with Crippen LogP contribution >= 0.6 is 11.6 Å². The van der Waals surface area contributed by atoms with Crippen LogP contribution in [0.15, 0.2) is 53.4 Å². The molecular weight excluding hydrogens is 466 g/mol. The molecule has 0 saturated carbocycles. The lowest BCUT2D eigenvalue weighted by molar-refractivity contribution is 0.0730. The maximum absolute atomic E-state index is 12.5. The molecular formula is C19H22ClN3O6S2. The molecule has 1 saturated heterocycles. The number of benzene rings is 2. The zero-order valence-electron chi connectivity index (χ0n) is 16.5. The number of ether oxygens (including phenoxy) is 1. The van der Waals surface area contributed by atoms with Gasteiger partial charge in [0.1, 0.15) is 0 Å². The Morgan fingerprint density at radius 2 is 1.58 bits per heavy atom. The predicted molar refractivity (Wildman–Crippen MR) is 117 cm³/mol. The molecule has 3 rings (SSSR count). The van der Waals surface area contributed by atoms with Gasteiger partial charge >= 0.3 is 0 Å². The Bertz CT molecular complexity index is 1110. The zero-order valence-corrected chi connectivity index (χ0v) is 18.8. The minimum absolute atomic E-state index is 0.0195. The lowest BCUT2D eigenvalue weighted by Gasteiger charge is -2.26. The number of amides is 1. The minimum Gasteiger partial charge on any atom is -0.379 e. The molecule has 9 nitrogen and oxygen atoms in total. The Labute approximate surface area is 186 Å². The number of sulfonamides is 2. The van der Waals surface area contributed by atoms with Gasteiger partial charge < -0.3 is 10.1 Å². The van der Waals surface area contributed by atoms with E-state index in [2.05, 4.69) is 10.0 Å². The molecule has 2 aromatic rings. The van der Waals surface area contributed by atoms with Crippen LogP contribution in [0.25, 0.3) is 0 Å². The molecule has 12 heteroatoms. The summed E-state index contributed by atoms with van der Waals surface area (Å²) in [5, 5.41) is 3.03. The summed E-state index contributed by atoms with van der Waals surface area (Å²) >= 11 is 5.79. The van der Waals surface area contributed by atoms with Crippen LogP contribution in [0.5, 0.6) is 0 Å². The zero-order chi connectivity index (χ0) is 22.5. The minimum atomic E-state index is -3.84. The number of morpholine rings is 1. The molecule has 1 aliphatic heterocycles. The summed E-state index contributed by atoms with van der Waals surface area (Å²) in [5.41, 5.74) is 0.571. The van der Waals surface area contributed by atoms with E-state index in [1.807, 2.05) is 0 Å². The van der Waals surface area contributed by atoms with Gasteiger partial charge in [-0.3, -0.25) is 9.52 Å². The molecule has 168 valence electrons. The van der Waals surface area contributed by atoms with E-state index in [0.717, 1.165) is 0 Å². The first-order valence-electron chi connectivity index (χ1n) is 9.40. The number of nitrogens with one attached hydrogen (secondary N) is 2. The number of nitrogens with zero attached hydrogens (tertiary/aromatic N) is 1. The van der Waals surface area contributed by atoms with E-state index in [1.54, 1.807) is 12.1 Å². The van der Waals surface area contributed by atoms with Crippen LogP contribution in [0.2, 0.25) is 5.02 Å². The molecule has 0 radical (unpaired) electrons. The van der Waals surface area contributed by atoms with Crippen molar-refractivity contribution >= 4 is 43.2 Å². The monoisotopic (exact) mass is 487 g/mol. The number of anilines is 1. The number of carbonyl (C=O) groups is 1. The third-order valence-corrected chi connectivity index (χ3v) is 8.05. The largest absolute Gasteiger partial charge is 0.379 e. The molecule has 31 heavy (non-hydrogen) atoms. The SMILES string of the molecule is O=C(NCCS(=O)(=O)N1CCOCC1)c1ccc(S(=O)(=O)Nc2ccc(Cl)cc2)cc1. The van der Waals surface area contributed by atoms with Gasteiger partial charge in [-0.05, 0) is 48.5 Å². The van der Waals surface area contributed by atoms with Gasteiger partial charge in [-0.1, -0.05) is 11.6 Å². The molecule has 0 unspecified atom stereocenters. The second kappa shape index (κ2) is 9.96. The molecule has 0 atom stereocenters. The first-order chi connectivity index (χ1) is 14.7. The highest BCUT2D eigenvalue weighted by molar-refractivity contribution is 7.92. The molecule has 0 spiro atoms. The van der Waals surface area contributed by atoms with Gasteiger partial charge in [0.05, 0.1) is 23.9 Å². The highest BCUT2D eigenvalue weighted by atomic mass is 35.5. The van der Waals surface area contributed by atoms with Crippen molar-refractivity contribution in [2.45, 2.75) is 4.90 Å². The number of hydrogen-bond donors (Lipinski definition) is 2. The molecule has 2 aromatic carbocycles. The van der Waals surface area contributed by atoms with Gasteiger partial charge in [-0.15, -0.1) is 0 Å². The molecule has 0 bridgehead atoms. The fourth-order valence-corrected chi connectivity index (χ4v) is 5.38. The van der Waals surface area contributed by atoms with Gasteiger partial charge in [0.2, 0.25) is 10.0 Å². The fraction of sp³-hybridized carbons (Fsp3) is 0.316. The molecule has 1 amide bonds. The van der Waals surface area contributed by atoms with E-state index in [1.165, 1.54) is 40.7 Å². The summed E-state index contributed by atoms with van der Waals surface area (Å²) in [7, 11) is -7.31. The first kappa shape index (κ1) is 23.5. The molecule has 1 aliphatic rings. The maximum atomic E-state index is 12.5. The van der Waals surface area contributed by atoms with Crippen LogP contribution in [0.3, 0.4) is 0 Å². The van der Waals surface area contributed by atoms with Crippen molar-refractivity contribution in [2.75, 3.05) is 43.3 Å². The second-order valence-corrected chi connectivity index (χ2v) is 10.9. The second-order valence-electron chi connectivity index (χ2n) is 6.72. The van der Waals surface area contributed by atoms with Crippen LogP contribution < -0.4 is 10.0 Å². The van der Waals surface area contributed by atoms with Gasteiger partial charge in [0.25, 0.3) is 15.9 Å². The van der Waals surface area contributed by atoms with Gasteiger partial charge in [0, 0.05) is 35.9 Å². The van der Waals surface area contributed by atoms with Crippen LogP contribution in [0.4, 0.5) is 5.69 Å². The van der Waals surface area contributed by atoms with Crippen molar-refractivity contribution in [2.24, 2.45) is 0 Å². The van der Waals surface area contributed by atoms with Crippen LogP contribution in [-0.4, -0.2) is 65.6 Å². The Morgan fingerprint density at radius 1 is 0.968 bits per heavy atom. The molecule has 2 N–H and O–H groups in total. The van der Waals surface area contributed by atoms with E-state index in [9.17, 15) is 21.6 Å². The summed E-state index contributed by atoms with van der Waals surface area (Å²) < 4.78 is 58.4. The smallest absolute Gasteiger partial charge is 0.261 e. The van der Waals surface area contributed by atoms with E-state index in [4.69, 9.17) is 16.3 Å². The van der Waals surface area contributed by atoms with Gasteiger partial charge in [-0.2, -0.15) is 4.31 Å². The normalized spacial score (nSPS) is 15.4. The first-order valence-corrected chi connectivity index (χ1v) is 12.9. The number of hydrogen-bond acceptors (Lipinski definition) is 6. The standard InChI is InChI=1S/C19H22ClN3O6S2/c20-16-3-5-17(6-4-16)22-31(27,28)18-7-1-15(2-8-18)19(24)21-9-14-30(25,26)23-10-12-29-13-11-23/h1-8,22H,9-14H2,(H,21,24). The van der Waals surface area contributed by atoms with Gasteiger partial charge in [0.15, 0.2) is 0 Å². The summed E-state index contributed by atoms with van der Waals surface area (Å²) in [6, 6.07) is 11.5. The summed E-state index contributed by atoms with van der Waals surface area (Å²) in [4.78, 5) is 12.3. The topological polar surface area (TPSA) is 122 Å². The van der Waals surface area contributed by atoms with Crippen molar-refractivity contribution in [1.82, 2.24) is 9.62 Å². The summed E-state index contributed by atoms with van der Waals surface area (Å²) in [5.74, 6) is -0.720. The van der Waals surface area contributed by atoms with Crippen molar-refractivity contribution in [1.29, 1.82) is 0 Å². The fourth-order valence-electron chi connectivity index (χ4n) is 2.87. The van der Waals surface area contributed by atoms with Crippen molar-refractivity contribution in [3.63, 3.8) is 0 Å². The number of carbonyl (C=O) groups excluding carboxylic acids is 1. The Morgan fingerprint density at radius 3 is 2.19 bits per heavy atom. The van der Waals surface area contributed by atoms with E-state index >= 15 is 0 Å². The average Bonchev–Trinajstić information content (AvgIpc) is 2.76. The molecule has 1 heterocycles. The third-order valence-electron chi connectivity index (χ3n) is 4.53. The third kappa shape index (κ3) is 6.40. The van der Waals surface area contributed by atoms with E-state index in [0.29, 0.717) is 37.0 Å².